The van der Waals surface area contributed by atoms with Gasteiger partial charge in [0.1, 0.15) is 5.75 Å². The van der Waals surface area contributed by atoms with Crippen molar-refractivity contribution in [2.45, 2.75) is 45.8 Å². The van der Waals surface area contributed by atoms with Crippen LogP contribution in [0.25, 0.3) is 0 Å². The van der Waals surface area contributed by atoms with Gasteiger partial charge in [0.15, 0.2) is 0 Å². The molecule has 3 rings (SSSR count). The second-order valence-electron chi connectivity index (χ2n) is 7.28. The summed E-state index contributed by atoms with van der Waals surface area (Å²) in [6.45, 7) is 5.34. The van der Waals surface area contributed by atoms with Gasteiger partial charge in [-0.1, -0.05) is 25.7 Å². The van der Waals surface area contributed by atoms with Gasteiger partial charge in [0.25, 0.3) is 6.29 Å². The zero-order valence-corrected chi connectivity index (χ0v) is 15.0. The number of ether oxygens (including phenoxy) is 3. The van der Waals surface area contributed by atoms with E-state index in [-0.39, 0.29) is 0 Å². The first-order valence-electron chi connectivity index (χ1n) is 9.16. The first-order valence-corrected chi connectivity index (χ1v) is 9.16. The minimum atomic E-state index is -0.927. The van der Waals surface area contributed by atoms with Crippen molar-refractivity contribution in [1.29, 1.82) is 0 Å². The van der Waals surface area contributed by atoms with Crippen molar-refractivity contribution in [2.24, 2.45) is 17.8 Å². The van der Waals surface area contributed by atoms with Gasteiger partial charge in [0.05, 0.1) is 13.2 Å². The average molecular weight is 342 g/mol. The molecule has 1 aromatic rings. The maximum atomic E-state index is 12.0. The first-order chi connectivity index (χ1) is 12.1. The quantitative estimate of drug-likeness (QED) is 0.466. The van der Waals surface area contributed by atoms with Crippen molar-refractivity contribution < 1.29 is 19.0 Å². The van der Waals surface area contributed by atoms with Crippen LogP contribution in [0.2, 0.25) is 0 Å². The second kappa shape index (κ2) is 8.51. The highest BCUT2D eigenvalue weighted by Gasteiger charge is 2.27. The number of benzene rings is 1. The zero-order valence-electron chi connectivity index (χ0n) is 15.0. The topological polar surface area (TPSA) is 44.8 Å². The monoisotopic (exact) mass is 342 g/mol. The van der Waals surface area contributed by atoms with Gasteiger partial charge in [-0.3, -0.25) is 0 Å². The Morgan fingerprint density at radius 2 is 1.64 bits per heavy atom. The zero-order chi connectivity index (χ0) is 17.6. The van der Waals surface area contributed by atoms with Crippen LogP contribution in [0.1, 0.15) is 45.1 Å². The number of esters is 1. The summed E-state index contributed by atoms with van der Waals surface area (Å²) in [5.74, 6) is 8.23. The number of rotatable bonds is 2. The minimum Gasteiger partial charge on any atom is -0.423 e. The number of hydrogen-bond acceptors (Lipinski definition) is 4. The summed E-state index contributed by atoms with van der Waals surface area (Å²) >= 11 is 0. The molecule has 25 heavy (non-hydrogen) atoms. The fraction of sp³-hybridized carbons (Fsp3) is 0.571. The molecule has 1 aliphatic heterocycles. The molecule has 0 unspecified atom stereocenters. The van der Waals surface area contributed by atoms with Crippen molar-refractivity contribution in [3.05, 3.63) is 29.8 Å². The standard InChI is InChI=1S/C21H26O4/c1-15-3-5-17(6-4-15)7-8-18-9-11-19(12-10-18)25-20(22)21-23-13-16(2)14-24-21/h9-12,15-17,21H,3-6,13-14H2,1-2H3. The van der Waals surface area contributed by atoms with E-state index in [1.54, 1.807) is 12.1 Å². The fourth-order valence-corrected chi connectivity index (χ4v) is 3.10. The predicted molar refractivity (Wildman–Crippen MR) is 94.9 cm³/mol. The Hall–Kier alpha value is -1.83. The summed E-state index contributed by atoms with van der Waals surface area (Å²) in [4.78, 5) is 12.0. The van der Waals surface area contributed by atoms with Crippen LogP contribution in [0.3, 0.4) is 0 Å². The highest BCUT2D eigenvalue weighted by Crippen LogP contribution is 2.27. The largest absolute Gasteiger partial charge is 0.423 e. The molecular weight excluding hydrogens is 316 g/mol. The van der Waals surface area contributed by atoms with E-state index in [0.29, 0.717) is 30.8 Å². The van der Waals surface area contributed by atoms with E-state index in [9.17, 15) is 4.79 Å². The molecule has 0 aromatic heterocycles. The molecular formula is C21H26O4. The van der Waals surface area contributed by atoms with E-state index in [1.807, 2.05) is 19.1 Å². The van der Waals surface area contributed by atoms with E-state index in [2.05, 4.69) is 18.8 Å². The molecule has 0 atom stereocenters. The third kappa shape index (κ3) is 5.32. The summed E-state index contributed by atoms with van der Waals surface area (Å²) in [7, 11) is 0. The maximum absolute atomic E-state index is 12.0. The summed E-state index contributed by atoms with van der Waals surface area (Å²) in [6.07, 6.45) is 4.02. The van der Waals surface area contributed by atoms with Gasteiger partial charge >= 0.3 is 5.97 Å². The number of carbonyl (C=O) groups is 1. The van der Waals surface area contributed by atoms with Gasteiger partial charge in [-0.05, 0) is 55.9 Å². The van der Waals surface area contributed by atoms with Crippen LogP contribution in [0.15, 0.2) is 24.3 Å². The highest BCUT2D eigenvalue weighted by atomic mass is 16.7. The normalized spacial score (nSPS) is 29.4. The summed E-state index contributed by atoms with van der Waals surface area (Å²) < 4.78 is 16.0. The van der Waals surface area contributed by atoms with Crippen LogP contribution in [0.5, 0.6) is 5.75 Å². The number of hydrogen-bond donors (Lipinski definition) is 0. The van der Waals surface area contributed by atoms with Crippen LogP contribution in [0.4, 0.5) is 0 Å². The Balaban J connectivity index is 1.51. The molecule has 0 radical (unpaired) electrons. The van der Waals surface area contributed by atoms with Crippen LogP contribution in [-0.2, 0) is 14.3 Å². The Kier molecular flexibility index (Phi) is 6.12. The molecule has 1 saturated heterocycles. The van der Waals surface area contributed by atoms with E-state index in [4.69, 9.17) is 14.2 Å². The maximum Gasteiger partial charge on any atom is 0.368 e. The SMILES string of the molecule is CC1CCC(C#Cc2ccc(OC(=O)C3OCC(C)CO3)cc2)CC1. The molecule has 2 fully saturated rings. The van der Waals surface area contributed by atoms with Gasteiger partial charge in [0, 0.05) is 17.4 Å². The van der Waals surface area contributed by atoms with Crippen molar-refractivity contribution in [3.63, 3.8) is 0 Å². The lowest BCUT2D eigenvalue weighted by Crippen LogP contribution is -2.38. The first kappa shape index (κ1) is 18.0. The molecule has 1 saturated carbocycles. The molecule has 134 valence electrons. The molecule has 1 heterocycles. The summed E-state index contributed by atoms with van der Waals surface area (Å²) in [5, 5.41) is 0. The van der Waals surface area contributed by atoms with Crippen molar-refractivity contribution in [2.75, 3.05) is 13.2 Å². The lowest BCUT2D eigenvalue weighted by Gasteiger charge is -2.25. The summed E-state index contributed by atoms with van der Waals surface area (Å²) in [5.41, 5.74) is 0.942. The van der Waals surface area contributed by atoms with E-state index >= 15 is 0 Å². The van der Waals surface area contributed by atoms with Gasteiger partial charge in [-0.2, -0.15) is 0 Å². The third-order valence-corrected chi connectivity index (χ3v) is 4.77. The predicted octanol–water partition coefficient (Wildman–Crippen LogP) is 3.78. The van der Waals surface area contributed by atoms with Crippen LogP contribution < -0.4 is 4.74 Å². The van der Waals surface area contributed by atoms with Crippen molar-refractivity contribution >= 4 is 5.97 Å². The van der Waals surface area contributed by atoms with Crippen LogP contribution in [0, 0.1) is 29.6 Å². The Bertz CT molecular complexity index is 624. The fourth-order valence-electron chi connectivity index (χ4n) is 3.10. The van der Waals surface area contributed by atoms with Crippen LogP contribution >= 0.6 is 0 Å². The van der Waals surface area contributed by atoms with E-state index in [0.717, 1.165) is 11.5 Å². The lowest BCUT2D eigenvalue weighted by molar-refractivity contribution is -0.213. The lowest BCUT2D eigenvalue weighted by atomic mass is 9.83. The molecule has 4 heteroatoms. The van der Waals surface area contributed by atoms with Gasteiger partial charge < -0.3 is 14.2 Å². The Labute approximate surface area is 149 Å². The Morgan fingerprint density at radius 1 is 1.00 bits per heavy atom. The van der Waals surface area contributed by atoms with Crippen molar-refractivity contribution in [3.8, 4) is 17.6 Å². The summed E-state index contributed by atoms with van der Waals surface area (Å²) in [6, 6.07) is 7.28. The Morgan fingerprint density at radius 3 is 2.28 bits per heavy atom. The van der Waals surface area contributed by atoms with Crippen LogP contribution in [-0.4, -0.2) is 25.5 Å². The molecule has 0 N–H and O–H groups in total. The third-order valence-electron chi connectivity index (χ3n) is 4.77. The molecule has 0 bridgehead atoms. The van der Waals surface area contributed by atoms with E-state index in [1.165, 1.54) is 25.7 Å². The van der Waals surface area contributed by atoms with Gasteiger partial charge in [-0.25, -0.2) is 4.79 Å². The van der Waals surface area contributed by atoms with Gasteiger partial charge in [-0.15, -0.1) is 0 Å². The molecule has 0 spiro atoms. The molecule has 2 aliphatic rings. The molecule has 0 amide bonds. The minimum absolute atomic E-state index is 0.300. The highest BCUT2D eigenvalue weighted by molar-refractivity contribution is 5.76. The van der Waals surface area contributed by atoms with E-state index < -0.39 is 12.3 Å². The smallest absolute Gasteiger partial charge is 0.368 e. The second-order valence-corrected chi connectivity index (χ2v) is 7.28. The molecule has 1 aliphatic carbocycles. The van der Waals surface area contributed by atoms with Gasteiger partial charge in [0.2, 0.25) is 0 Å². The number of carbonyl (C=O) groups excluding carboxylic acids is 1. The molecule has 4 nitrogen and oxygen atoms in total. The van der Waals surface area contributed by atoms with Crippen molar-refractivity contribution in [1.82, 2.24) is 0 Å². The average Bonchev–Trinajstić information content (AvgIpc) is 2.63. The molecule has 1 aromatic carbocycles.